The topological polar surface area (TPSA) is 71.0 Å². The minimum atomic E-state index is -0.166. The third kappa shape index (κ3) is 3.11. The van der Waals surface area contributed by atoms with Crippen molar-refractivity contribution in [1.29, 1.82) is 0 Å². The van der Waals surface area contributed by atoms with Gasteiger partial charge in [0.15, 0.2) is 0 Å². The van der Waals surface area contributed by atoms with Gasteiger partial charge in [0.2, 0.25) is 0 Å². The summed E-state index contributed by atoms with van der Waals surface area (Å²) in [5, 5.41) is 26.6. The van der Waals surface area contributed by atoms with E-state index in [1.165, 1.54) is 0 Å². The number of fused-ring (bicyclic) bond motifs is 2. The normalized spacial score (nSPS) is 18.5. The number of hydrogen-bond donors (Lipinski definition) is 3. The first-order valence-corrected chi connectivity index (χ1v) is 9.88. The number of methoxy groups -OCH3 is 2. The van der Waals surface area contributed by atoms with E-state index in [4.69, 9.17) is 9.47 Å². The molecule has 0 radical (unpaired) electrons. The summed E-state index contributed by atoms with van der Waals surface area (Å²) in [6.45, 7) is 4.05. The van der Waals surface area contributed by atoms with E-state index >= 15 is 0 Å². The second-order valence-electron chi connectivity index (χ2n) is 7.68. The molecule has 0 saturated carbocycles. The molecule has 4 rings (SSSR count). The van der Waals surface area contributed by atoms with Gasteiger partial charge in [-0.25, -0.2) is 0 Å². The molecule has 0 aromatic heterocycles. The Bertz CT molecular complexity index is 1080. The van der Waals surface area contributed by atoms with Crippen LogP contribution < -0.4 is 14.8 Å². The number of phenolic OH excluding ortho intramolecular Hbond substituents is 1. The molecule has 3 N–H and O–H groups in total. The van der Waals surface area contributed by atoms with Crippen molar-refractivity contribution >= 4 is 10.8 Å². The standard InChI is InChI=1S/C24H27NO4/c1-13-10-15-8-9-18(24(27)21(15)14(2)25-13)22-16(12-26)11-20(29-4)23-17(22)6-5-7-19(23)28-3/h5-9,11,13-14,25-27H,10,12H2,1-4H3/t13-,14-/m1/s1. The van der Waals surface area contributed by atoms with E-state index in [2.05, 4.69) is 25.2 Å². The Balaban J connectivity index is 2.06. The molecule has 29 heavy (non-hydrogen) atoms. The minimum Gasteiger partial charge on any atom is -0.507 e. The van der Waals surface area contributed by atoms with Gasteiger partial charge in [-0.2, -0.15) is 0 Å². The van der Waals surface area contributed by atoms with Crippen LogP contribution in [0.15, 0.2) is 36.4 Å². The molecule has 0 saturated heterocycles. The molecule has 0 aliphatic carbocycles. The number of aliphatic hydroxyl groups is 1. The molecule has 1 aliphatic heterocycles. The number of benzene rings is 3. The predicted molar refractivity (Wildman–Crippen MR) is 115 cm³/mol. The molecular formula is C24H27NO4. The van der Waals surface area contributed by atoms with Gasteiger partial charge in [-0.05, 0) is 54.5 Å². The molecule has 2 atom stereocenters. The Morgan fingerprint density at radius 2 is 1.83 bits per heavy atom. The zero-order valence-electron chi connectivity index (χ0n) is 17.2. The summed E-state index contributed by atoms with van der Waals surface area (Å²) in [7, 11) is 3.23. The molecule has 5 nitrogen and oxygen atoms in total. The molecular weight excluding hydrogens is 366 g/mol. The van der Waals surface area contributed by atoms with Gasteiger partial charge in [0.05, 0.1) is 26.2 Å². The van der Waals surface area contributed by atoms with Crippen molar-refractivity contribution in [2.75, 3.05) is 14.2 Å². The molecule has 3 aromatic carbocycles. The number of aromatic hydroxyl groups is 1. The Morgan fingerprint density at radius 3 is 2.52 bits per heavy atom. The maximum Gasteiger partial charge on any atom is 0.130 e. The van der Waals surface area contributed by atoms with Gasteiger partial charge in [-0.1, -0.05) is 24.3 Å². The summed E-state index contributed by atoms with van der Waals surface area (Å²) in [5.41, 5.74) is 4.29. The van der Waals surface area contributed by atoms with Crippen molar-refractivity contribution in [2.24, 2.45) is 0 Å². The zero-order chi connectivity index (χ0) is 20.7. The van der Waals surface area contributed by atoms with Gasteiger partial charge < -0.3 is 25.0 Å². The quantitative estimate of drug-likeness (QED) is 0.616. The highest BCUT2D eigenvalue weighted by Crippen LogP contribution is 2.47. The highest BCUT2D eigenvalue weighted by atomic mass is 16.5. The maximum atomic E-state index is 11.3. The van der Waals surface area contributed by atoms with Crippen molar-refractivity contribution in [1.82, 2.24) is 5.32 Å². The smallest absolute Gasteiger partial charge is 0.130 e. The van der Waals surface area contributed by atoms with Gasteiger partial charge in [-0.15, -0.1) is 0 Å². The van der Waals surface area contributed by atoms with Gasteiger partial charge in [-0.3, -0.25) is 0 Å². The Labute approximate surface area is 170 Å². The Hall–Kier alpha value is -2.76. The van der Waals surface area contributed by atoms with Crippen LogP contribution >= 0.6 is 0 Å². The number of phenols is 1. The fraction of sp³-hybridized carbons (Fsp3) is 0.333. The van der Waals surface area contributed by atoms with E-state index in [1.54, 1.807) is 14.2 Å². The number of rotatable bonds is 4. The summed E-state index contributed by atoms with van der Waals surface area (Å²) in [4.78, 5) is 0. The SMILES string of the molecule is COc1cccc2c(-c3ccc4c(c3O)[C@@H](C)N[C@H](C)C4)c(CO)cc(OC)c12. The average molecular weight is 393 g/mol. The van der Waals surface area contributed by atoms with E-state index in [-0.39, 0.29) is 18.4 Å². The minimum absolute atomic E-state index is 0.0466. The molecule has 3 aromatic rings. The Morgan fingerprint density at radius 1 is 1.07 bits per heavy atom. The summed E-state index contributed by atoms with van der Waals surface area (Å²) < 4.78 is 11.2. The fourth-order valence-electron chi connectivity index (χ4n) is 4.65. The van der Waals surface area contributed by atoms with Crippen LogP contribution in [0.1, 0.15) is 36.6 Å². The highest BCUT2D eigenvalue weighted by molar-refractivity contribution is 6.05. The number of aliphatic hydroxyl groups excluding tert-OH is 1. The van der Waals surface area contributed by atoms with E-state index in [0.29, 0.717) is 28.7 Å². The molecule has 0 amide bonds. The fourth-order valence-corrected chi connectivity index (χ4v) is 4.65. The van der Waals surface area contributed by atoms with E-state index in [0.717, 1.165) is 33.9 Å². The van der Waals surface area contributed by atoms with Crippen LogP contribution in [-0.4, -0.2) is 30.5 Å². The van der Waals surface area contributed by atoms with Crippen LogP contribution in [0.3, 0.4) is 0 Å². The second-order valence-corrected chi connectivity index (χ2v) is 7.68. The first-order chi connectivity index (χ1) is 14.0. The molecule has 0 spiro atoms. The number of hydrogen-bond acceptors (Lipinski definition) is 5. The van der Waals surface area contributed by atoms with E-state index in [1.807, 2.05) is 30.3 Å². The van der Waals surface area contributed by atoms with Crippen LogP contribution in [0.25, 0.3) is 21.9 Å². The lowest BCUT2D eigenvalue weighted by Gasteiger charge is -2.31. The number of ether oxygens (including phenoxy) is 2. The molecule has 0 bridgehead atoms. The van der Waals surface area contributed by atoms with Gasteiger partial charge >= 0.3 is 0 Å². The van der Waals surface area contributed by atoms with Gasteiger partial charge in [0.1, 0.15) is 17.2 Å². The van der Waals surface area contributed by atoms with Crippen molar-refractivity contribution in [3.63, 3.8) is 0 Å². The maximum absolute atomic E-state index is 11.3. The van der Waals surface area contributed by atoms with Crippen LogP contribution in [0.4, 0.5) is 0 Å². The highest BCUT2D eigenvalue weighted by Gasteiger charge is 2.27. The van der Waals surface area contributed by atoms with Crippen molar-refractivity contribution in [3.8, 4) is 28.4 Å². The third-order valence-corrected chi connectivity index (χ3v) is 5.85. The van der Waals surface area contributed by atoms with Gasteiger partial charge in [0.25, 0.3) is 0 Å². The molecule has 1 heterocycles. The Kier molecular flexibility index (Phi) is 5.11. The van der Waals surface area contributed by atoms with Crippen molar-refractivity contribution < 1.29 is 19.7 Å². The van der Waals surface area contributed by atoms with Crippen LogP contribution in [0.2, 0.25) is 0 Å². The van der Waals surface area contributed by atoms with Crippen LogP contribution in [0, 0.1) is 0 Å². The molecule has 1 aliphatic rings. The predicted octanol–water partition coefficient (Wildman–Crippen LogP) is 4.32. The largest absolute Gasteiger partial charge is 0.507 e. The van der Waals surface area contributed by atoms with Crippen molar-refractivity contribution in [3.05, 3.63) is 53.1 Å². The molecule has 152 valence electrons. The van der Waals surface area contributed by atoms with Crippen LogP contribution in [0.5, 0.6) is 17.2 Å². The molecule has 0 fully saturated rings. The lowest BCUT2D eigenvalue weighted by molar-refractivity contribution is 0.281. The summed E-state index contributed by atoms with van der Waals surface area (Å²) in [6, 6.07) is 12.0. The van der Waals surface area contributed by atoms with Crippen LogP contribution in [-0.2, 0) is 13.0 Å². The summed E-state index contributed by atoms with van der Waals surface area (Å²) in [5.74, 6) is 1.58. The lowest BCUT2D eigenvalue weighted by Crippen LogP contribution is -2.36. The second kappa shape index (κ2) is 7.58. The third-order valence-electron chi connectivity index (χ3n) is 5.85. The van der Waals surface area contributed by atoms with Crippen molar-refractivity contribution in [2.45, 2.75) is 39.0 Å². The first kappa shape index (κ1) is 19.6. The summed E-state index contributed by atoms with van der Waals surface area (Å²) >= 11 is 0. The number of nitrogens with one attached hydrogen (secondary N) is 1. The van der Waals surface area contributed by atoms with Gasteiger partial charge in [0, 0.05) is 23.2 Å². The lowest BCUT2D eigenvalue weighted by atomic mass is 9.85. The monoisotopic (exact) mass is 393 g/mol. The first-order valence-electron chi connectivity index (χ1n) is 9.88. The summed E-state index contributed by atoms with van der Waals surface area (Å²) in [6.07, 6.45) is 0.873. The van der Waals surface area contributed by atoms with E-state index in [9.17, 15) is 10.2 Å². The van der Waals surface area contributed by atoms with E-state index < -0.39 is 0 Å². The zero-order valence-corrected chi connectivity index (χ0v) is 17.2. The molecule has 0 unspecified atom stereocenters. The molecule has 5 heteroatoms. The average Bonchev–Trinajstić information content (AvgIpc) is 2.72.